The highest BCUT2D eigenvalue weighted by atomic mass is 32.2. The zero-order valence-electron chi connectivity index (χ0n) is 17.4. The molecule has 0 aliphatic carbocycles. The van der Waals surface area contributed by atoms with Gasteiger partial charge in [-0.15, -0.1) is 23.5 Å². The molecule has 0 atom stereocenters. The highest BCUT2D eigenvalue weighted by molar-refractivity contribution is 8.16. The lowest BCUT2D eigenvalue weighted by molar-refractivity contribution is 0.627. The van der Waals surface area contributed by atoms with E-state index in [4.69, 9.17) is 10.7 Å². The maximum Gasteiger partial charge on any atom is 0.132 e. The maximum atomic E-state index is 14.6. The molecule has 0 radical (unpaired) electrons. The van der Waals surface area contributed by atoms with Crippen LogP contribution in [0.5, 0.6) is 0 Å². The van der Waals surface area contributed by atoms with Gasteiger partial charge in [0.2, 0.25) is 0 Å². The monoisotopic (exact) mass is 472 g/mol. The number of thioether (sulfide) groups is 2. The lowest BCUT2D eigenvalue weighted by Gasteiger charge is -2.08. The van der Waals surface area contributed by atoms with E-state index in [1.54, 1.807) is 60.7 Å². The Hall–Kier alpha value is -3.40. The molecule has 0 aliphatic heterocycles. The minimum Gasteiger partial charge on any atom is -0.308 e. The van der Waals surface area contributed by atoms with Crippen LogP contribution < -0.4 is 0 Å². The highest BCUT2D eigenvalue weighted by Crippen LogP contribution is 2.33. The second-order valence-corrected chi connectivity index (χ2v) is 9.61. The van der Waals surface area contributed by atoms with Gasteiger partial charge >= 0.3 is 0 Å². The molecule has 0 unspecified atom stereocenters. The number of hydrogen-bond acceptors (Lipinski definition) is 4. The Kier molecular flexibility index (Phi) is 7.23. The molecule has 0 spiro atoms. The molecule has 0 aromatic heterocycles. The van der Waals surface area contributed by atoms with Crippen molar-refractivity contribution in [1.29, 1.82) is 10.7 Å². The standard InChI is InChI=1S/C27H18F2N2S2/c28-26-13-22(9-11-24(26)20-5-1-18(15-30)2-6-20)32-17-33-23-10-12-25(27(29)14-23)21-7-3-19(16-31)4-8-21/h1-15,30H,17H2. The van der Waals surface area contributed by atoms with E-state index in [1.165, 1.54) is 41.9 Å². The van der Waals surface area contributed by atoms with E-state index in [1.807, 2.05) is 12.1 Å². The van der Waals surface area contributed by atoms with Crippen molar-refractivity contribution in [2.45, 2.75) is 9.79 Å². The van der Waals surface area contributed by atoms with Crippen molar-refractivity contribution in [3.63, 3.8) is 0 Å². The summed E-state index contributed by atoms with van der Waals surface area (Å²) in [5.41, 5.74) is 3.80. The predicted octanol–water partition coefficient (Wildman–Crippen LogP) is 8.01. The summed E-state index contributed by atoms with van der Waals surface area (Å²) in [4.78, 5) is 1.59. The number of benzene rings is 4. The first-order chi connectivity index (χ1) is 16.1. The molecule has 0 heterocycles. The summed E-state index contributed by atoms with van der Waals surface area (Å²) in [6.07, 6.45) is 1.25. The van der Waals surface area contributed by atoms with Crippen LogP contribution in [0.1, 0.15) is 11.1 Å². The molecule has 0 bridgehead atoms. The molecule has 1 N–H and O–H groups in total. The third-order valence-corrected chi connectivity index (χ3v) is 7.16. The number of rotatable bonds is 7. The first kappa shape index (κ1) is 22.8. The molecule has 4 aromatic carbocycles. The first-order valence-corrected chi connectivity index (χ1v) is 12.0. The maximum absolute atomic E-state index is 14.6. The van der Waals surface area contributed by atoms with Crippen molar-refractivity contribution in [2.24, 2.45) is 0 Å². The lowest BCUT2D eigenvalue weighted by Crippen LogP contribution is -1.88. The Labute approximate surface area is 199 Å². The zero-order chi connectivity index (χ0) is 23.2. The third-order valence-electron chi connectivity index (χ3n) is 5.05. The normalized spacial score (nSPS) is 10.6. The topological polar surface area (TPSA) is 47.6 Å². The van der Waals surface area contributed by atoms with Gasteiger partial charge in [-0.25, -0.2) is 8.78 Å². The van der Waals surface area contributed by atoms with Gasteiger partial charge in [0.25, 0.3) is 0 Å². The van der Waals surface area contributed by atoms with Crippen LogP contribution >= 0.6 is 23.5 Å². The molecule has 0 saturated carbocycles. The fourth-order valence-corrected chi connectivity index (χ4v) is 5.31. The molecule has 4 rings (SSSR count). The number of hydrogen-bond donors (Lipinski definition) is 1. The number of nitriles is 1. The van der Waals surface area contributed by atoms with Crippen molar-refractivity contribution in [1.82, 2.24) is 0 Å². The lowest BCUT2D eigenvalue weighted by atomic mass is 10.0. The highest BCUT2D eigenvalue weighted by Gasteiger charge is 2.09. The van der Waals surface area contributed by atoms with Gasteiger partial charge in [-0.1, -0.05) is 48.5 Å². The van der Waals surface area contributed by atoms with Crippen LogP contribution in [-0.2, 0) is 0 Å². The third kappa shape index (κ3) is 5.51. The van der Waals surface area contributed by atoms with E-state index in [0.717, 1.165) is 26.5 Å². The molecule has 0 aliphatic rings. The fourth-order valence-electron chi connectivity index (χ4n) is 3.29. The van der Waals surface area contributed by atoms with Gasteiger partial charge in [-0.3, -0.25) is 0 Å². The molecule has 2 nitrogen and oxygen atoms in total. The molecular weight excluding hydrogens is 454 g/mol. The van der Waals surface area contributed by atoms with Gasteiger partial charge in [0, 0.05) is 32.2 Å². The van der Waals surface area contributed by atoms with E-state index in [9.17, 15) is 8.78 Å². The van der Waals surface area contributed by atoms with Crippen molar-refractivity contribution >= 4 is 29.7 Å². The van der Waals surface area contributed by atoms with Gasteiger partial charge in [0.1, 0.15) is 11.6 Å². The summed E-state index contributed by atoms with van der Waals surface area (Å²) in [6.45, 7) is 0. The Morgan fingerprint density at radius 3 is 1.64 bits per heavy atom. The molecule has 162 valence electrons. The van der Waals surface area contributed by atoms with Crippen LogP contribution in [0.15, 0.2) is 94.7 Å². The van der Waals surface area contributed by atoms with Crippen molar-refractivity contribution in [3.8, 4) is 28.3 Å². The summed E-state index contributed by atoms with van der Waals surface area (Å²) in [6, 6.07) is 26.3. The van der Waals surface area contributed by atoms with E-state index < -0.39 is 0 Å². The van der Waals surface area contributed by atoms with Crippen LogP contribution in [-0.4, -0.2) is 11.3 Å². The number of nitrogens with one attached hydrogen (secondary N) is 1. The van der Waals surface area contributed by atoms with Gasteiger partial charge in [-0.2, -0.15) is 5.26 Å². The zero-order valence-corrected chi connectivity index (χ0v) is 19.0. The van der Waals surface area contributed by atoms with Gasteiger partial charge in [-0.05, 0) is 53.1 Å². The smallest absolute Gasteiger partial charge is 0.132 e. The van der Waals surface area contributed by atoms with Crippen molar-refractivity contribution in [2.75, 3.05) is 5.08 Å². The average molecular weight is 473 g/mol. The second-order valence-electron chi connectivity index (χ2n) is 7.15. The number of nitrogens with zero attached hydrogens (tertiary/aromatic N) is 1. The van der Waals surface area contributed by atoms with E-state index in [2.05, 4.69) is 6.07 Å². The average Bonchev–Trinajstić information content (AvgIpc) is 2.84. The van der Waals surface area contributed by atoms with E-state index >= 15 is 0 Å². The summed E-state index contributed by atoms with van der Waals surface area (Å²) in [5, 5.41) is 16.8. The Bertz CT molecular complexity index is 1330. The minimum atomic E-state index is -0.320. The molecule has 33 heavy (non-hydrogen) atoms. The van der Waals surface area contributed by atoms with Gasteiger partial charge in [0.15, 0.2) is 0 Å². The summed E-state index contributed by atoms with van der Waals surface area (Å²) in [5.74, 6) is -0.621. The Morgan fingerprint density at radius 1 is 0.727 bits per heavy atom. The van der Waals surface area contributed by atoms with Crippen molar-refractivity contribution < 1.29 is 8.78 Å². The van der Waals surface area contributed by atoms with Crippen LogP contribution in [0.3, 0.4) is 0 Å². The second kappa shape index (κ2) is 10.5. The predicted molar refractivity (Wildman–Crippen MR) is 133 cm³/mol. The van der Waals surface area contributed by atoms with Crippen LogP contribution in [0.4, 0.5) is 8.78 Å². The summed E-state index contributed by atoms with van der Waals surface area (Å²) >= 11 is 2.98. The summed E-state index contributed by atoms with van der Waals surface area (Å²) in [7, 11) is 0. The SMILES string of the molecule is N#Cc1ccc(-c2ccc(SCSc3ccc(-c4ccc(C=N)cc4)c(F)c3)cc2F)cc1. The molecule has 6 heteroatoms. The molecule has 0 amide bonds. The first-order valence-electron chi connectivity index (χ1n) is 10.0. The van der Waals surface area contributed by atoms with Gasteiger partial charge < -0.3 is 5.41 Å². The number of halogens is 2. The molecule has 4 aromatic rings. The fraction of sp³-hybridized carbons (Fsp3) is 0.0370. The minimum absolute atomic E-state index is 0.301. The Morgan fingerprint density at radius 2 is 1.21 bits per heavy atom. The summed E-state index contributed by atoms with van der Waals surface area (Å²) < 4.78 is 29.3. The van der Waals surface area contributed by atoms with Crippen LogP contribution in [0.2, 0.25) is 0 Å². The van der Waals surface area contributed by atoms with Crippen molar-refractivity contribution in [3.05, 3.63) is 108 Å². The quantitative estimate of drug-likeness (QED) is 0.168. The van der Waals surface area contributed by atoms with E-state index in [-0.39, 0.29) is 11.6 Å². The molecular formula is C27H18F2N2S2. The largest absolute Gasteiger partial charge is 0.308 e. The molecule has 0 saturated heterocycles. The van der Waals surface area contributed by atoms with E-state index in [0.29, 0.717) is 21.8 Å². The van der Waals surface area contributed by atoms with Crippen LogP contribution in [0, 0.1) is 28.4 Å². The molecule has 0 fully saturated rings. The van der Waals surface area contributed by atoms with Crippen LogP contribution in [0.25, 0.3) is 22.3 Å². The van der Waals surface area contributed by atoms with Gasteiger partial charge in [0.05, 0.1) is 11.6 Å². The Balaban J connectivity index is 1.38.